The Labute approximate surface area is 111 Å². The normalized spacial score (nSPS) is 13.1. The molecule has 1 unspecified atom stereocenters. The standard InChI is InChI=1S/C12H20N4OS/c1-5-9(17-6-2)7-13-12-14-11-10(18-12)8(3)15-16(11)4/h9H,5-7H2,1-4H3,(H,13,14). The second kappa shape index (κ2) is 5.67. The first kappa shape index (κ1) is 13.3. The lowest BCUT2D eigenvalue weighted by Gasteiger charge is -2.14. The summed E-state index contributed by atoms with van der Waals surface area (Å²) in [6.07, 6.45) is 1.26. The van der Waals surface area contributed by atoms with Gasteiger partial charge in [0.2, 0.25) is 0 Å². The van der Waals surface area contributed by atoms with Crippen molar-refractivity contribution >= 4 is 26.8 Å². The number of fused-ring (bicyclic) bond motifs is 1. The molecular formula is C12H20N4OS. The first-order valence-corrected chi connectivity index (χ1v) is 7.13. The van der Waals surface area contributed by atoms with Gasteiger partial charge in [-0.25, -0.2) is 9.67 Å². The Morgan fingerprint density at radius 1 is 1.44 bits per heavy atom. The molecule has 1 N–H and O–H groups in total. The van der Waals surface area contributed by atoms with E-state index in [1.165, 1.54) is 0 Å². The van der Waals surface area contributed by atoms with Crippen molar-refractivity contribution in [1.82, 2.24) is 14.8 Å². The molecule has 0 saturated heterocycles. The molecule has 100 valence electrons. The molecule has 0 aliphatic carbocycles. The predicted molar refractivity (Wildman–Crippen MR) is 75.3 cm³/mol. The van der Waals surface area contributed by atoms with E-state index in [4.69, 9.17) is 4.74 Å². The summed E-state index contributed by atoms with van der Waals surface area (Å²) in [5.41, 5.74) is 1.99. The molecular weight excluding hydrogens is 248 g/mol. The minimum Gasteiger partial charge on any atom is -0.377 e. The van der Waals surface area contributed by atoms with Crippen molar-refractivity contribution in [2.75, 3.05) is 18.5 Å². The van der Waals surface area contributed by atoms with Gasteiger partial charge in [-0.15, -0.1) is 0 Å². The summed E-state index contributed by atoms with van der Waals surface area (Å²) >= 11 is 1.65. The molecule has 6 heteroatoms. The van der Waals surface area contributed by atoms with Crippen molar-refractivity contribution in [3.63, 3.8) is 0 Å². The van der Waals surface area contributed by atoms with E-state index < -0.39 is 0 Å². The van der Waals surface area contributed by atoms with E-state index in [9.17, 15) is 0 Å². The second-order valence-corrected chi connectivity index (χ2v) is 5.25. The molecule has 2 heterocycles. The summed E-state index contributed by atoms with van der Waals surface area (Å²) in [4.78, 5) is 4.55. The molecule has 0 fully saturated rings. The van der Waals surface area contributed by atoms with Crippen molar-refractivity contribution in [3.05, 3.63) is 5.69 Å². The fourth-order valence-corrected chi connectivity index (χ4v) is 2.86. The maximum atomic E-state index is 5.61. The van der Waals surface area contributed by atoms with E-state index in [0.29, 0.717) is 0 Å². The van der Waals surface area contributed by atoms with Gasteiger partial charge in [0.25, 0.3) is 0 Å². The monoisotopic (exact) mass is 268 g/mol. The molecule has 18 heavy (non-hydrogen) atoms. The quantitative estimate of drug-likeness (QED) is 0.875. The van der Waals surface area contributed by atoms with Crippen molar-refractivity contribution in [1.29, 1.82) is 0 Å². The van der Waals surface area contributed by atoms with E-state index in [1.807, 2.05) is 25.6 Å². The molecule has 5 nitrogen and oxygen atoms in total. The fraction of sp³-hybridized carbons (Fsp3) is 0.667. The van der Waals surface area contributed by atoms with Crippen LogP contribution in [-0.2, 0) is 11.8 Å². The fourth-order valence-electron chi connectivity index (χ4n) is 1.92. The summed E-state index contributed by atoms with van der Waals surface area (Å²) in [6.45, 7) is 7.73. The number of aryl methyl sites for hydroxylation is 2. The van der Waals surface area contributed by atoms with E-state index >= 15 is 0 Å². The average Bonchev–Trinajstić information content (AvgIpc) is 2.87. The summed E-state index contributed by atoms with van der Waals surface area (Å²) in [5.74, 6) is 0. The molecule has 1 atom stereocenters. The molecule has 0 saturated carbocycles. The largest absolute Gasteiger partial charge is 0.377 e. The topological polar surface area (TPSA) is 52.0 Å². The highest BCUT2D eigenvalue weighted by molar-refractivity contribution is 7.22. The third-order valence-corrected chi connectivity index (χ3v) is 3.99. The lowest BCUT2D eigenvalue weighted by Crippen LogP contribution is -2.22. The smallest absolute Gasteiger partial charge is 0.185 e. The molecule has 0 aliphatic heterocycles. The van der Waals surface area contributed by atoms with Crippen molar-refractivity contribution in [2.24, 2.45) is 7.05 Å². The van der Waals surface area contributed by atoms with Gasteiger partial charge in [-0.3, -0.25) is 0 Å². The Kier molecular flexibility index (Phi) is 4.19. The minimum absolute atomic E-state index is 0.251. The first-order valence-electron chi connectivity index (χ1n) is 6.31. The van der Waals surface area contributed by atoms with E-state index in [0.717, 1.165) is 40.7 Å². The molecule has 0 spiro atoms. The summed E-state index contributed by atoms with van der Waals surface area (Å²) in [5, 5.41) is 8.64. The second-order valence-electron chi connectivity index (χ2n) is 4.25. The molecule has 0 aromatic carbocycles. The number of aromatic nitrogens is 3. The Bertz CT molecular complexity index is 485. The predicted octanol–water partition coefficient (Wildman–Crippen LogP) is 2.57. The van der Waals surface area contributed by atoms with Crippen molar-refractivity contribution in [2.45, 2.75) is 33.3 Å². The van der Waals surface area contributed by atoms with Crippen LogP contribution in [0.2, 0.25) is 0 Å². The van der Waals surface area contributed by atoms with Crippen LogP contribution in [0.15, 0.2) is 0 Å². The maximum absolute atomic E-state index is 5.61. The van der Waals surface area contributed by atoms with Crippen LogP contribution in [0, 0.1) is 6.92 Å². The first-order chi connectivity index (χ1) is 8.65. The van der Waals surface area contributed by atoms with Gasteiger partial charge < -0.3 is 10.1 Å². The Morgan fingerprint density at radius 3 is 2.83 bits per heavy atom. The lowest BCUT2D eigenvalue weighted by molar-refractivity contribution is 0.0695. The van der Waals surface area contributed by atoms with E-state index in [-0.39, 0.29) is 6.10 Å². The van der Waals surface area contributed by atoms with Crippen LogP contribution < -0.4 is 5.32 Å². The number of nitrogens with one attached hydrogen (secondary N) is 1. The van der Waals surface area contributed by atoms with Crippen LogP contribution in [0.1, 0.15) is 26.0 Å². The van der Waals surface area contributed by atoms with Gasteiger partial charge in [-0.05, 0) is 20.3 Å². The maximum Gasteiger partial charge on any atom is 0.185 e. The van der Waals surface area contributed by atoms with Gasteiger partial charge in [0, 0.05) is 20.2 Å². The summed E-state index contributed by atoms with van der Waals surface area (Å²) in [7, 11) is 1.92. The zero-order valence-electron chi connectivity index (χ0n) is 11.4. The zero-order chi connectivity index (χ0) is 13.1. The van der Waals surface area contributed by atoms with Crippen LogP contribution >= 0.6 is 11.3 Å². The van der Waals surface area contributed by atoms with Gasteiger partial charge in [0.1, 0.15) is 0 Å². The number of ether oxygens (including phenoxy) is 1. The molecule has 2 rings (SSSR count). The highest BCUT2D eigenvalue weighted by atomic mass is 32.1. The summed E-state index contributed by atoms with van der Waals surface area (Å²) in [6, 6.07) is 0. The van der Waals surface area contributed by atoms with Gasteiger partial charge in [0.05, 0.1) is 16.5 Å². The highest BCUT2D eigenvalue weighted by Gasteiger charge is 2.12. The number of hydrogen-bond acceptors (Lipinski definition) is 5. The van der Waals surface area contributed by atoms with Crippen LogP contribution in [0.3, 0.4) is 0 Å². The molecule has 0 aliphatic rings. The molecule has 2 aromatic rings. The Hall–Kier alpha value is -1.14. The number of thiazole rings is 1. The van der Waals surface area contributed by atoms with Gasteiger partial charge in [-0.1, -0.05) is 18.3 Å². The SMILES string of the molecule is CCOC(CC)CNc1nc2c(s1)c(C)nn2C. The van der Waals surface area contributed by atoms with Crippen LogP contribution in [0.4, 0.5) is 5.13 Å². The number of hydrogen-bond donors (Lipinski definition) is 1. The number of anilines is 1. The van der Waals surface area contributed by atoms with E-state index in [1.54, 1.807) is 11.3 Å². The number of nitrogens with zero attached hydrogens (tertiary/aromatic N) is 3. The molecule has 0 amide bonds. The highest BCUT2D eigenvalue weighted by Crippen LogP contribution is 2.28. The Balaban J connectivity index is 2.05. The van der Waals surface area contributed by atoms with Gasteiger partial charge >= 0.3 is 0 Å². The van der Waals surface area contributed by atoms with Crippen LogP contribution in [0.25, 0.3) is 10.3 Å². The van der Waals surface area contributed by atoms with Crippen molar-refractivity contribution in [3.8, 4) is 0 Å². The van der Waals surface area contributed by atoms with Gasteiger partial charge in [0.15, 0.2) is 10.8 Å². The van der Waals surface area contributed by atoms with Crippen LogP contribution in [-0.4, -0.2) is 34.0 Å². The van der Waals surface area contributed by atoms with Gasteiger partial charge in [-0.2, -0.15) is 5.10 Å². The zero-order valence-corrected chi connectivity index (χ0v) is 12.2. The minimum atomic E-state index is 0.251. The molecule has 2 aromatic heterocycles. The third kappa shape index (κ3) is 2.64. The molecule has 0 radical (unpaired) electrons. The molecule has 0 bridgehead atoms. The summed E-state index contributed by atoms with van der Waals surface area (Å²) < 4.78 is 8.60. The Morgan fingerprint density at radius 2 is 2.22 bits per heavy atom. The number of rotatable bonds is 6. The van der Waals surface area contributed by atoms with Crippen molar-refractivity contribution < 1.29 is 4.74 Å². The lowest BCUT2D eigenvalue weighted by atomic mass is 10.3. The van der Waals surface area contributed by atoms with Crippen LogP contribution in [0.5, 0.6) is 0 Å². The third-order valence-electron chi connectivity index (χ3n) is 2.88. The average molecular weight is 268 g/mol. The van der Waals surface area contributed by atoms with E-state index in [2.05, 4.69) is 22.3 Å².